The lowest BCUT2D eigenvalue weighted by Gasteiger charge is -2.55. The summed E-state index contributed by atoms with van der Waals surface area (Å²) in [5, 5.41) is 0. The predicted octanol–water partition coefficient (Wildman–Crippen LogP) is 10.5. The number of esters is 1. The molecule has 0 aromatic rings. The first-order valence-corrected chi connectivity index (χ1v) is 38.3. The van der Waals surface area contributed by atoms with Gasteiger partial charge in [-0.2, -0.15) is 0 Å². The van der Waals surface area contributed by atoms with E-state index in [1.807, 2.05) is 7.11 Å². The third-order valence-corrected chi connectivity index (χ3v) is 47.3. The van der Waals surface area contributed by atoms with Gasteiger partial charge in [0.05, 0.1) is 6.61 Å². The first-order chi connectivity index (χ1) is 29.0. The Hall–Kier alpha value is 0.678. The van der Waals surface area contributed by atoms with Gasteiger partial charge in [-0.3, -0.25) is 0 Å². The van der Waals surface area contributed by atoms with Crippen LogP contribution in [0.25, 0.3) is 0 Å². The molecule has 9 fully saturated rings. The second kappa shape index (κ2) is 20.7. The van der Waals surface area contributed by atoms with E-state index >= 15 is 0 Å². The van der Waals surface area contributed by atoms with Crippen molar-refractivity contribution in [2.75, 3.05) is 19.5 Å². The SMILES string of the molecule is C=C(C)C(=O)OCCCSO[Si]1(C)O[Si]2(C3CCCC3)O[SiH](C3CCCC3)O[Si](C3CCCC3)(O1)O[Si@](C)(C1CCCC1)O[SiH](C1CCCC1)O[Si](OC)(C1CCCC1)O2. The van der Waals surface area contributed by atoms with Crippen LogP contribution in [0, 0.1) is 0 Å². The van der Waals surface area contributed by atoms with Gasteiger partial charge in [0.15, 0.2) is 0 Å². The van der Waals surface area contributed by atoms with Crippen LogP contribution in [0.15, 0.2) is 12.2 Å². The van der Waals surface area contributed by atoms with Crippen molar-refractivity contribution in [3.63, 3.8) is 0 Å². The summed E-state index contributed by atoms with van der Waals surface area (Å²) in [6, 6.07) is 0. The van der Waals surface area contributed by atoms with Crippen molar-refractivity contribution in [1.29, 1.82) is 0 Å². The van der Waals surface area contributed by atoms with Crippen molar-refractivity contribution in [3.05, 3.63) is 12.2 Å². The number of fused-ring (bicyclic) bond motifs is 10. The van der Waals surface area contributed by atoms with Gasteiger partial charge >= 0.3 is 68.3 Å². The smallest absolute Gasteiger partial charge is 0.462 e. The molecule has 3 saturated heterocycles. The molecule has 6 unspecified atom stereocenters. The molecule has 0 spiro atoms. The number of hydrogen-bond donors (Lipinski definition) is 0. The molecule has 0 aromatic carbocycles. The van der Waals surface area contributed by atoms with Crippen molar-refractivity contribution in [2.24, 2.45) is 0 Å². The monoisotopic (exact) mass is 976 g/mol. The molecule has 12 nitrogen and oxygen atoms in total. The maximum Gasteiger partial charge on any atom is 0.494 e. The predicted molar refractivity (Wildman–Crippen MR) is 248 cm³/mol. The van der Waals surface area contributed by atoms with Crippen molar-refractivity contribution in [1.82, 2.24) is 0 Å². The highest BCUT2D eigenvalue weighted by atomic mass is 32.2. The summed E-state index contributed by atoms with van der Waals surface area (Å²) in [7, 11) is -21.1. The van der Waals surface area contributed by atoms with Crippen molar-refractivity contribution < 1.29 is 50.8 Å². The minimum atomic E-state index is -3.77. The number of rotatable bonds is 14. The Kier molecular flexibility index (Phi) is 16.3. The van der Waals surface area contributed by atoms with Crippen molar-refractivity contribution >= 4 is 80.4 Å². The molecule has 3 heterocycles. The Morgan fingerprint density at radius 1 is 0.617 bits per heavy atom. The third kappa shape index (κ3) is 10.6. The van der Waals surface area contributed by atoms with Crippen molar-refractivity contribution in [3.8, 4) is 0 Å². The molecule has 0 aromatic heterocycles. The maximum absolute atomic E-state index is 12.2. The average Bonchev–Trinajstić information content (AvgIpc) is 4.07. The lowest BCUT2D eigenvalue weighted by molar-refractivity contribution is -0.138. The van der Waals surface area contributed by atoms with Crippen LogP contribution >= 0.6 is 12.0 Å². The van der Waals surface area contributed by atoms with Gasteiger partial charge in [0.1, 0.15) is 0 Å². The van der Waals surface area contributed by atoms with Gasteiger partial charge in [-0.15, -0.1) is 0 Å². The lowest BCUT2D eigenvalue weighted by Crippen LogP contribution is -2.75. The molecule has 9 aliphatic rings. The zero-order valence-corrected chi connectivity index (χ0v) is 45.4. The number of carbonyl (C=O) groups excluding carboxylic acids is 1. The molecule has 9 rings (SSSR count). The van der Waals surface area contributed by atoms with Gasteiger partial charge < -0.3 is 46.0 Å². The second-order valence-corrected chi connectivity index (χ2v) is 42.5. The molecule has 3 aliphatic heterocycles. The minimum absolute atomic E-state index is 0.0743. The highest BCUT2D eigenvalue weighted by molar-refractivity contribution is 7.95. The number of ether oxygens (including phenoxy) is 1. The standard InChI is InChI=1S/C40H76O12SSi7/c1-33(2)40(41)43-31-18-32-53-44-57(5)50-59(38-27-14-15-28-38)47-55(35-21-8-9-22-35)48-60(51-57,39-29-16-17-30-39)52-58(42-3,37-25-12-13-26-37)46-54(34-19-6-7-20-34)45-56(4,49-59)36-23-10-11-24-36/h34-39,54-55H,1,6-32H2,2-5H3/t54?,55?,56-,57?,58?,59?,60?/m1/s1. The topological polar surface area (TPSA) is 119 Å². The molecular formula is C40H76O12SSi7. The quantitative estimate of drug-likeness (QED) is 0.0541. The van der Waals surface area contributed by atoms with Gasteiger partial charge in [0.25, 0.3) is 0 Å². The summed E-state index contributed by atoms with van der Waals surface area (Å²) in [5.74, 6) is 0.219. The number of carbonyl (C=O) groups is 1. The largest absolute Gasteiger partial charge is 0.494 e. The average molecular weight is 978 g/mol. The highest BCUT2D eigenvalue weighted by Gasteiger charge is 2.72. The zero-order valence-electron chi connectivity index (χ0n) is 37.2. The first kappa shape index (κ1) is 47.2. The van der Waals surface area contributed by atoms with E-state index in [2.05, 4.69) is 19.7 Å². The molecule has 20 heteroatoms. The van der Waals surface area contributed by atoms with Crippen LogP contribution in [0.3, 0.4) is 0 Å². The fraction of sp³-hybridized carbons (Fsp3) is 0.925. The molecular weight excluding hydrogens is 901 g/mol. The Bertz CT molecular complexity index is 1440. The fourth-order valence-electron chi connectivity index (χ4n) is 11.8. The van der Waals surface area contributed by atoms with Crippen LogP contribution in [-0.4, -0.2) is 87.8 Å². The summed E-state index contributed by atoms with van der Waals surface area (Å²) in [6.07, 6.45) is 27.1. The lowest BCUT2D eigenvalue weighted by atomic mass is 10.4. The van der Waals surface area contributed by atoms with E-state index in [9.17, 15) is 4.79 Å². The molecule has 6 saturated carbocycles. The van der Waals surface area contributed by atoms with E-state index in [0.717, 1.165) is 116 Å². The molecule has 2 bridgehead atoms. The number of hydrogen-bond acceptors (Lipinski definition) is 13. The van der Waals surface area contributed by atoms with Gasteiger partial charge in [-0.25, -0.2) is 4.79 Å². The van der Waals surface area contributed by atoms with E-state index in [0.29, 0.717) is 34.4 Å². The first-order valence-electron chi connectivity index (χ1n) is 24.2. The summed E-state index contributed by atoms with van der Waals surface area (Å²) in [4.78, 5) is 12.2. The Morgan fingerprint density at radius 2 is 1.07 bits per heavy atom. The van der Waals surface area contributed by atoms with Crippen LogP contribution in [0.4, 0.5) is 0 Å². The Labute approximate surface area is 374 Å². The van der Waals surface area contributed by atoms with E-state index in [4.69, 9.17) is 46.0 Å². The molecule has 0 N–H and O–H groups in total. The molecule has 342 valence electrons. The summed E-state index contributed by atoms with van der Waals surface area (Å²) in [5.41, 5.74) is 1.77. The van der Waals surface area contributed by atoms with Gasteiger partial charge in [-0.05, 0) is 120 Å². The normalized spacial score (nSPS) is 40.0. The third-order valence-electron chi connectivity index (χ3n) is 15.2. The van der Waals surface area contributed by atoms with E-state index in [1.165, 1.54) is 50.6 Å². The van der Waals surface area contributed by atoms with E-state index < -0.39 is 62.3 Å². The van der Waals surface area contributed by atoms with Crippen LogP contribution in [0.1, 0.15) is 167 Å². The van der Waals surface area contributed by atoms with Crippen LogP contribution < -0.4 is 0 Å². The van der Waals surface area contributed by atoms with Crippen LogP contribution in [0.2, 0.25) is 46.3 Å². The van der Waals surface area contributed by atoms with E-state index in [-0.39, 0.29) is 29.2 Å². The van der Waals surface area contributed by atoms with Crippen LogP contribution in [0.5, 0.6) is 0 Å². The molecule has 60 heavy (non-hydrogen) atoms. The minimum Gasteiger partial charge on any atom is -0.462 e. The summed E-state index contributed by atoms with van der Waals surface area (Å²) < 4.78 is 83.5. The maximum atomic E-state index is 12.2. The fourth-order valence-corrected chi connectivity index (χ4v) is 52.5. The zero-order chi connectivity index (χ0) is 41.9. The Morgan fingerprint density at radius 3 is 1.57 bits per heavy atom. The van der Waals surface area contributed by atoms with Crippen LogP contribution in [-0.2, 0) is 50.8 Å². The highest BCUT2D eigenvalue weighted by Crippen LogP contribution is 2.56. The van der Waals surface area contributed by atoms with Gasteiger partial charge in [0.2, 0.25) is 0 Å². The molecule has 7 atom stereocenters. The second-order valence-electron chi connectivity index (χ2n) is 19.7. The molecule has 0 radical (unpaired) electrons. The molecule has 6 aliphatic carbocycles. The summed E-state index contributed by atoms with van der Waals surface area (Å²) in [6.45, 7) is 10.1. The summed E-state index contributed by atoms with van der Waals surface area (Å²) >= 11 is 1.34. The van der Waals surface area contributed by atoms with Gasteiger partial charge in [-0.1, -0.05) is 83.6 Å². The molecule has 0 amide bonds. The van der Waals surface area contributed by atoms with Gasteiger partial charge in [0, 0.05) is 47.1 Å². The Balaban J connectivity index is 1.27. The van der Waals surface area contributed by atoms with E-state index in [1.54, 1.807) is 6.92 Å². The van der Waals surface area contributed by atoms with Crippen molar-refractivity contribution in [2.45, 2.75) is 214 Å².